The second-order valence-corrected chi connectivity index (χ2v) is 9.28. The van der Waals surface area contributed by atoms with Crippen molar-refractivity contribution in [1.29, 1.82) is 0 Å². The van der Waals surface area contributed by atoms with E-state index in [0.717, 1.165) is 22.4 Å². The molecule has 0 N–H and O–H groups in total. The van der Waals surface area contributed by atoms with Crippen molar-refractivity contribution >= 4 is 17.7 Å². The van der Waals surface area contributed by atoms with Gasteiger partial charge >= 0.3 is 0 Å². The molecule has 1 atom stereocenters. The molecule has 1 unspecified atom stereocenters. The first-order valence-corrected chi connectivity index (χ1v) is 12.0. The van der Waals surface area contributed by atoms with E-state index in [0.29, 0.717) is 24.2 Å². The standard InChI is InChI=1S/C27H27N3O3S/c1-20-10-9-15-24(16-20)32-19-25-28-29-27(33-25)34-21(2)26(31)30(17-22-11-5-3-6-12-22)18-23-13-7-4-8-14-23/h3-16,21H,17-19H2,1-2H3. The summed E-state index contributed by atoms with van der Waals surface area (Å²) in [5.41, 5.74) is 3.27. The molecule has 0 aliphatic rings. The minimum absolute atomic E-state index is 0.00784. The first kappa shape index (κ1) is 23.6. The van der Waals surface area contributed by atoms with Gasteiger partial charge in [0.15, 0.2) is 6.61 Å². The maximum atomic E-state index is 13.4. The van der Waals surface area contributed by atoms with Gasteiger partial charge in [-0.1, -0.05) is 84.6 Å². The summed E-state index contributed by atoms with van der Waals surface area (Å²) in [5.74, 6) is 1.12. The molecule has 3 aromatic carbocycles. The molecule has 1 aromatic heterocycles. The molecule has 34 heavy (non-hydrogen) atoms. The number of carbonyl (C=O) groups is 1. The Balaban J connectivity index is 1.39. The Morgan fingerprint density at radius 2 is 1.59 bits per heavy atom. The lowest BCUT2D eigenvalue weighted by Crippen LogP contribution is -2.35. The Kier molecular flexibility index (Phi) is 7.99. The molecule has 6 nitrogen and oxygen atoms in total. The van der Waals surface area contributed by atoms with E-state index in [9.17, 15) is 4.79 Å². The fourth-order valence-electron chi connectivity index (χ4n) is 3.47. The SMILES string of the molecule is Cc1cccc(OCc2nnc(SC(C)C(=O)N(Cc3ccccc3)Cc3ccccc3)o2)c1. The van der Waals surface area contributed by atoms with E-state index in [1.807, 2.05) is 104 Å². The summed E-state index contributed by atoms with van der Waals surface area (Å²) in [6, 6.07) is 27.8. The molecule has 0 aliphatic carbocycles. The van der Waals surface area contributed by atoms with Crippen LogP contribution in [-0.4, -0.2) is 26.3 Å². The highest BCUT2D eigenvalue weighted by molar-refractivity contribution is 8.00. The molecule has 0 radical (unpaired) electrons. The van der Waals surface area contributed by atoms with Crippen molar-refractivity contribution in [3.63, 3.8) is 0 Å². The van der Waals surface area contributed by atoms with Gasteiger partial charge in [0, 0.05) is 13.1 Å². The van der Waals surface area contributed by atoms with Crippen LogP contribution >= 0.6 is 11.8 Å². The van der Waals surface area contributed by atoms with Gasteiger partial charge in [0.05, 0.1) is 5.25 Å². The van der Waals surface area contributed by atoms with Crippen molar-refractivity contribution in [2.75, 3.05) is 0 Å². The summed E-state index contributed by atoms with van der Waals surface area (Å²) in [4.78, 5) is 15.3. The van der Waals surface area contributed by atoms with Crippen LogP contribution in [-0.2, 0) is 24.5 Å². The fourth-order valence-corrected chi connectivity index (χ4v) is 4.26. The van der Waals surface area contributed by atoms with Crippen LogP contribution in [0.2, 0.25) is 0 Å². The predicted octanol–water partition coefficient (Wildman–Crippen LogP) is 5.67. The van der Waals surface area contributed by atoms with Gasteiger partial charge in [0.25, 0.3) is 11.1 Å². The van der Waals surface area contributed by atoms with E-state index >= 15 is 0 Å². The summed E-state index contributed by atoms with van der Waals surface area (Å²) in [6.07, 6.45) is 0. The number of ether oxygens (including phenoxy) is 1. The van der Waals surface area contributed by atoms with Gasteiger partial charge in [-0.2, -0.15) is 0 Å². The molecule has 0 fully saturated rings. The van der Waals surface area contributed by atoms with E-state index in [1.165, 1.54) is 11.8 Å². The molecule has 0 aliphatic heterocycles. The molecule has 0 spiro atoms. The third-order valence-corrected chi connectivity index (χ3v) is 6.09. The van der Waals surface area contributed by atoms with Crippen LogP contribution < -0.4 is 4.74 Å². The average Bonchev–Trinajstić information content (AvgIpc) is 3.30. The number of hydrogen-bond acceptors (Lipinski definition) is 6. The molecule has 1 heterocycles. The van der Waals surface area contributed by atoms with Gasteiger partial charge in [-0.3, -0.25) is 4.79 Å². The van der Waals surface area contributed by atoms with Gasteiger partial charge in [-0.05, 0) is 42.7 Å². The minimum atomic E-state index is -0.390. The van der Waals surface area contributed by atoms with Gasteiger partial charge in [0.2, 0.25) is 5.91 Å². The lowest BCUT2D eigenvalue weighted by Gasteiger charge is -2.25. The molecule has 4 aromatic rings. The van der Waals surface area contributed by atoms with Crippen LogP contribution in [0.1, 0.15) is 29.5 Å². The molecular formula is C27H27N3O3S. The minimum Gasteiger partial charge on any atom is -0.484 e. The van der Waals surface area contributed by atoms with Crippen molar-refractivity contribution in [2.24, 2.45) is 0 Å². The molecule has 7 heteroatoms. The van der Waals surface area contributed by atoms with E-state index in [-0.39, 0.29) is 12.5 Å². The zero-order valence-electron chi connectivity index (χ0n) is 19.3. The van der Waals surface area contributed by atoms with E-state index < -0.39 is 5.25 Å². The van der Waals surface area contributed by atoms with Crippen LogP contribution in [0, 0.1) is 6.92 Å². The van der Waals surface area contributed by atoms with Crippen LogP contribution in [0.25, 0.3) is 0 Å². The Morgan fingerprint density at radius 3 is 2.21 bits per heavy atom. The Labute approximate surface area is 204 Å². The number of nitrogens with zero attached hydrogens (tertiary/aromatic N) is 3. The third kappa shape index (κ3) is 6.71. The largest absolute Gasteiger partial charge is 0.484 e. The van der Waals surface area contributed by atoms with Crippen molar-refractivity contribution in [1.82, 2.24) is 15.1 Å². The van der Waals surface area contributed by atoms with Crippen molar-refractivity contribution in [3.8, 4) is 5.75 Å². The summed E-state index contributed by atoms with van der Waals surface area (Å²) in [7, 11) is 0. The Bertz CT molecular complexity index is 1160. The van der Waals surface area contributed by atoms with Gasteiger partial charge in [-0.15, -0.1) is 10.2 Å². The van der Waals surface area contributed by atoms with Gasteiger partial charge < -0.3 is 14.1 Å². The van der Waals surface area contributed by atoms with E-state index in [1.54, 1.807) is 0 Å². The quantitative estimate of drug-likeness (QED) is 0.277. The topological polar surface area (TPSA) is 68.5 Å². The smallest absolute Gasteiger partial charge is 0.277 e. The number of amides is 1. The number of thioether (sulfide) groups is 1. The highest BCUT2D eigenvalue weighted by Gasteiger charge is 2.24. The summed E-state index contributed by atoms with van der Waals surface area (Å²) < 4.78 is 11.4. The van der Waals surface area contributed by atoms with Gasteiger partial charge in [0.1, 0.15) is 5.75 Å². The maximum Gasteiger partial charge on any atom is 0.277 e. The average molecular weight is 474 g/mol. The van der Waals surface area contributed by atoms with Gasteiger partial charge in [-0.25, -0.2) is 0 Å². The van der Waals surface area contributed by atoms with Crippen molar-refractivity contribution in [2.45, 2.75) is 44.0 Å². The second kappa shape index (κ2) is 11.5. The molecular weight excluding hydrogens is 446 g/mol. The number of aromatic nitrogens is 2. The Morgan fingerprint density at radius 1 is 0.941 bits per heavy atom. The summed E-state index contributed by atoms with van der Waals surface area (Å²) in [6.45, 7) is 5.10. The van der Waals surface area contributed by atoms with Crippen LogP contribution in [0.5, 0.6) is 5.75 Å². The Hall–Kier alpha value is -3.58. The number of carbonyl (C=O) groups excluding carboxylic acids is 1. The molecule has 0 saturated heterocycles. The monoisotopic (exact) mass is 473 g/mol. The normalized spacial score (nSPS) is 11.7. The lowest BCUT2D eigenvalue weighted by atomic mass is 10.1. The second-order valence-electron chi connectivity index (χ2n) is 7.99. The first-order valence-electron chi connectivity index (χ1n) is 11.1. The highest BCUT2D eigenvalue weighted by atomic mass is 32.2. The van der Waals surface area contributed by atoms with Crippen molar-refractivity contribution < 1.29 is 13.9 Å². The lowest BCUT2D eigenvalue weighted by molar-refractivity contribution is -0.131. The van der Waals surface area contributed by atoms with E-state index in [4.69, 9.17) is 9.15 Å². The first-order chi connectivity index (χ1) is 16.6. The maximum absolute atomic E-state index is 13.4. The zero-order chi connectivity index (χ0) is 23.8. The third-order valence-electron chi connectivity index (χ3n) is 5.17. The number of benzene rings is 3. The van der Waals surface area contributed by atoms with Crippen LogP contribution in [0.4, 0.5) is 0 Å². The van der Waals surface area contributed by atoms with Crippen LogP contribution in [0.3, 0.4) is 0 Å². The van der Waals surface area contributed by atoms with E-state index in [2.05, 4.69) is 10.2 Å². The fraction of sp³-hybridized carbons (Fsp3) is 0.222. The molecule has 1 amide bonds. The number of hydrogen-bond donors (Lipinski definition) is 0. The molecule has 0 bridgehead atoms. The summed E-state index contributed by atoms with van der Waals surface area (Å²) >= 11 is 1.26. The number of aryl methyl sites for hydroxylation is 1. The molecule has 0 saturated carbocycles. The van der Waals surface area contributed by atoms with Crippen LogP contribution in [0.15, 0.2) is 94.6 Å². The molecule has 174 valence electrons. The predicted molar refractivity (Wildman–Crippen MR) is 132 cm³/mol. The zero-order valence-corrected chi connectivity index (χ0v) is 20.1. The number of rotatable bonds is 10. The summed E-state index contributed by atoms with van der Waals surface area (Å²) in [5, 5.41) is 8.11. The van der Waals surface area contributed by atoms with Crippen molar-refractivity contribution in [3.05, 3.63) is 108 Å². The highest BCUT2D eigenvalue weighted by Crippen LogP contribution is 2.25. The molecule has 4 rings (SSSR count).